The average Bonchev–Trinajstić information content (AvgIpc) is 2.53. The molecule has 0 fully saturated rings. The van der Waals surface area contributed by atoms with Crippen LogP contribution in [0.3, 0.4) is 0 Å². The molecule has 2 rings (SSSR count). The maximum atomic E-state index is 11.6. The smallest absolute Gasteiger partial charge is 0.258 e. The fourth-order valence-electron chi connectivity index (χ4n) is 1.47. The zero-order valence-corrected chi connectivity index (χ0v) is 10.6. The minimum atomic E-state index is -0.922. The third-order valence-corrected chi connectivity index (χ3v) is 2.52. The highest BCUT2D eigenvalue weighted by Gasteiger charge is 2.15. The van der Waals surface area contributed by atoms with E-state index in [2.05, 4.69) is 9.78 Å². The Labute approximate surface area is 118 Å². The number of nitro groups is 1. The Morgan fingerprint density at radius 1 is 0.810 bits per heavy atom. The van der Waals surface area contributed by atoms with Crippen LogP contribution < -0.4 is 0 Å². The molecule has 2 aromatic carbocycles. The second kappa shape index (κ2) is 6.29. The number of nitro benzene ring substituents is 1. The maximum Gasteiger partial charge on any atom is 0.386 e. The molecule has 0 aromatic heterocycles. The average molecular weight is 287 g/mol. The lowest BCUT2D eigenvalue weighted by atomic mass is 10.2. The molecule has 0 aliphatic heterocycles. The zero-order chi connectivity index (χ0) is 15.2. The molecule has 0 aliphatic carbocycles. The van der Waals surface area contributed by atoms with Gasteiger partial charge in [-0.1, -0.05) is 18.2 Å². The summed E-state index contributed by atoms with van der Waals surface area (Å²) in [7, 11) is 0. The van der Waals surface area contributed by atoms with E-state index in [-0.39, 0.29) is 16.8 Å². The minimum absolute atomic E-state index is 0.0291. The molecule has 0 saturated carbocycles. The summed E-state index contributed by atoms with van der Waals surface area (Å²) < 4.78 is 0. The Hall–Kier alpha value is -3.22. The van der Waals surface area contributed by atoms with Gasteiger partial charge in [-0.25, -0.2) is 19.4 Å². The maximum absolute atomic E-state index is 11.6. The first-order valence-corrected chi connectivity index (χ1v) is 5.80. The molecule has 2 aromatic rings. The van der Waals surface area contributed by atoms with Crippen LogP contribution in [0, 0.1) is 10.1 Å². The number of non-ortho nitro benzene ring substituents is 1. The van der Waals surface area contributed by atoms with E-state index in [0.717, 1.165) is 12.1 Å². The highest BCUT2D eigenvalue weighted by Crippen LogP contribution is 2.13. The molecule has 0 saturated heterocycles. The van der Waals surface area contributed by atoms with Gasteiger partial charge in [0.1, 0.15) is 0 Å². The van der Waals surface area contributed by atoms with Crippen LogP contribution in [-0.4, -0.2) is 16.9 Å². The van der Waals surface area contributed by atoms with Gasteiger partial charge >= 0.3 is 11.9 Å². The normalized spacial score (nSPS) is 9.71. The molecular weight excluding hydrogens is 278 g/mol. The summed E-state index contributed by atoms with van der Waals surface area (Å²) >= 11 is 0. The summed E-state index contributed by atoms with van der Waals surface area (Å²) in [6, 6.07) is 12.7. The summed E-state index contributed by atoms with van der Waals surface area (Å²) in [5.74, 6) is -1.74. The van der Waals surface area contributed by atoms with Crippen molar-refractivity contribution < 1.29 is 24.3 Å². The van der Waals surface area contributed by atoms with Crippen LogP contribution >= 0.6 is 0 Å². The van der Waals surface area contributed by atoms with E-state index >= 15 is 0 Å². The van der Waals surface area contributed by atoms with E-state index in [9.17, 15) is 19.7 Å². The summed E-state index contributed by atoms with van der Waals surface area (Å²) in [5, 5.41) is 10.5. The van der Waals surface area contributed by atoms with Crippen LogP contribution in [0.15, 0.2) is 54.6 Å². The summed E-state index contributed by atoms with van der Waals surface area (Å²) in [6.07, 6.45) is 0. The molecule has 7 heteroatoms. The zero-order valence-electron chi connectivity index (χ0n) is 10.6. The summed E-state index contributed by atoms with van der Waals surface area (Å²) in [5.41, 5.74) is 0.100. The molecule has 0 bridgehead atoms. The summed E-state index contributed by atoms with van der Waals surface area (Å²) in [4.78, 5) is 41.8. The highest BCUT2D eigenvalue weighted by molar-refractivity contribution is 5.92. The number of benzene rings is 2. The quantitative estimate of drug-likeness (QED) is 0.489. The van der Waals surface area contributed by atoms with Crippen molar-refractivity contribution in [2.45, 2.75) is 0 Å². The Morgan fingerprint density at radius 3 is 1.76 bits per heavy atom. The van der Waals surface area contributed by atoms with E-state index in [1.54, 1.807) is 18.2 Å². The van der Waals surface area contributed by atoms with Crippen molar-refractivity contribution in [2.24, 2.45) is 0 Å². The van der Waals surface area contributed by atoms with Crippen molar-refractivity contribution in [3.8, 4) is 0 Å². The molecule has 0 N–H and O–H groups in total. The Morgan fingerprint density at radius 2 is 1.29 bits per heavy atom. The molecule has 0 amide bonds. The molecule has 0 radical (unpaired) electrons. The van der Waals surface area contributed by atoms with Gasteiger partial charge in [-0.15, -0.1) is 0 Å². The predicted octanol–water partition coefficient (Wildman–Crippen LogP) is 2.52. The second-order valence-corrected chi connectivity index (χ2v) is 3.91. The first-order chi connectivity index (χ1) is 10.1. The summed E-state index contributed by atoms with van der Waals surface area (Å²) in [6.45, 7) is 0. The van der Waals surface area contributed by atoms with Crippen molar-refractivity contribution in [1.82, 2.24) is 0 Å². The SMILES string of the molecule is O=C(OOC(=O)c1ccc([N+](=O)[O-])cc1)c1ccccc1. The molecule has 106 valence electrons. The van der Waals surface area contributed by atoms with Gasteiger partial charge < -0.3 is 0 Å². The van der Waals surface area contributed by atoms with E-state index < -0.39 is 16.9 Å². The second-order valence-electron chi connectivity index (χ2n) is 3.91. The lowest BCUT2D eigenvalue weighted by molar-refractivity contribution is -0.384. The standard InChI is InChI=1S/C14H9NO6/c16-13(10-4-2-1-3-5-10)20-21-14(17)11-6-8-12(9-7-11)15(18)19/h1-9H. The van der Waals surface area contributed by atoms with Crippen molar-refractivity contribution in [1.29, 1.82) is 0 Å². The van der Waals surface area contributed by atoms with Gasteiger partial charge in [-0.2, -0.15) is 0 Å². The number of rotatable bonds is 3. The first-order valence-electron chi connectivity index (χ1n) is 5.80. The van der Waals surface area contributed by atoms with Gasteiger partial charge in [0, 0.05) is 12.1 Å². The van der Waals surface area contributed by atoms with Crippen LogP contribution in [-0.2, 0) is 9.78 Å². The third-order valence-electron chi connectivity index (χ3n) is 2.52. The Kier molecular flexibility index (Phi) is 4.25. The number of hydrogen-bond donors (Lipinski definition) is 0. The number of carbonyl (C=O) groups excluding carboxylic acids is 2. The minimum Gasteiger partial charge on any atom is -0.258 e. The molecule has 0 aliphatic rings. The van der Waals surface area contributed by atoms with Crippen LogP contribution in [0.25, 0.3) is 0 Å². The fraction of sp³-hybridized carbons (Fsp3) is 0. The number of hydrogen-bond acceptors (Lipinski definition) is 6. The largest absolute Gasteiger partial charge is 0.386 e. The lowest BCUT2D eigenvalue weighted by Crippen LogP contribution is -2.11. The van der Waals surface area contributed by atoms with E-state index in [0.29, 0.717) is 0 Å². The molecule has 7 nitrogen and oxygen atoms in total. The van der Waals surface area contributed by atoms with Gasteiger partial charge in [0.2, 0.25) is 0 Å². The van der Waals surface area contributed by atoms with E-state index in [4.69, 9.17) is 0 Å². The van der Waals surface area contributed by atoms with E-state index in [1.165, 1.54) is 24.3 Å². The molecule has 0 spiro atoms. The Bertz CT molecular complexity index is 666. The number of nitrogens with zero attached hydrogens (tertiary/aromatic N) is 1. The van der Waals surface area contributed by atoms with Crippen molar-refractivity contribution in [2.75, 3.05) is 0 Å². The molecule has 0 unspecified atom stereocenters. The van der Waals surface area contributed by atoms with Gasteiger partial charge in [0.25, 0.3) is 5.69 Å². The molecule has 0 heterocycles. The molecular formula is C14H9NO6. The van der Waals surface area contributed by atoms with Crippen molar-refractivity contribution in [3.05, 3.63) is 75.8 Å². The van der Waals surface area contributed by atoms with Gasteiger partial charge in [0.15, 0.2) is 0 Å². The Balaban J connectivity index is 1.96. The van der Waals surface area contributed by atoms with Gasteiger partial charge in [-0.3, -0.25) is 10.1 Å². The predicted molar refractivity (Wildman–Crippen MR) is 70.4 cm³/mol. The van der Waals surface area contributed by atoms with Crippen molar-refractivity contribution >= 4 is 17.6 Å². The molecule has 0 atom stereocenters. The first kappa shape index (κ1) is 14.2. The van der Waals surface area contributed by atoms with Crippen LogP contribution in [0.2, 0.25) is 0 Å². The van der Waals surface area contributed by atoms with Crippen LogP contribution in [0.1, 0.15) is 20.7 Å². The van der Waals surface area contributed by atoms with Crippen LogP contribution in [0.4, 0.5) is 5.69 Å². The molecule has 21 heavy (non-hydrogen) atoms. The fourth-order valence-corrected chi connectivity index (χ4v) is 1.47. The highest BCUT2D eigenvalue weighted by atomic mass is 17.2. The van der Waals surface area contributed by atoms with Gasteiger partial charge in [0.05, 0.1) is 16.1 Å². The topological polar surface area (TPSA) is 95.7 Å². The lowest BCUT2D eigenvalue weighted by Gasteiger charge is -2.03. The van der Waals surface area contributed by atoms with Crippen molar-refractivity contribution in [3.63, 3.8) is 0 Å². The monoisotopic (exact) mass is 287 g/mol. The number of carbonyl (C=O) groups is 2. The third kappa shape index (κ3) is 3.63. The van der Waals surface area contributed by atoms with Crippen LogP contribution in [0.5, 0.6) is 0 Å². The van der Waals surface area contributed by atoms with E-state index in [1.807, 2.05) is 0 Å². The van der Waals surface area contributed by atoms with Gasteiger partial charge in [-0.05, 0) is 24.3 Å².